The lowest BCUT2D eigenvalue weighted by Gasteiger charge is -2.14. The second-order valence-electron chi connectivity index (χ2n) is 5.10. The van der Waals surface area contributed by atoms with Crippen LogP contribution >= 0.6 is 0 Å². The third-order valence-corrected chi connectivity index (χ3v) is 3.31. The summed E-state index contributed by atoms with van der Waals surface area (Å²) in [4.78, 5) is 4.49. The zero-order valence-electron chi connectivity index (χ0n) is 12.7. The van der Waals surface area contributed by atoms with Crippen molar-refractivity contribution in [3.05, 3.63) is 36.2 Å². The van der Waals surface area contributed by atoms with E-state index < -0.39 is 0 Å². The molecule has 0 atom stereocenters. The van der Waals surface area contributed by atoms with Crippen molar-refractivity contribution in [3.63, 3.8) is 0 Å². The maximum absolute atomic E-state index is 5.34. The van der Waals surface area contributed by atoms with Crippen molar-refractivity contribution in [2.75, 3.05) is 7.11 Å². The molecule has 1 aromatic heterocycles. The highest BCUT2D eigenvalue weighted by molar-refractivity contribution is 5.62. The van der Waals surface area contributed by atoms with E-state index in [9.17, 15) is 0 Å². The lowest BCUT2D eigenvalue weighted by molar-refractivity contribution is 0.414. The van der Waals surface area contributed by atoms with Crippen LogP contribution in [0, 0.1) is 0 Å². The van der Waals surface area contributed by atoms with Gasteiger partial charge < -0.3 is 14.6 Å². The standard InChI is InChI=1S/C16H23N3O/c1-5-19-9-8-17-16(19)15-7-6-14(20-4)10-13(15)11-18-12(2)3/h6-10,12,18H,5,11H2,1-4H3. The molecule has 0 aliphatic carbocycles. The maximum atomic E-state index is 5.34. The molecule has 4 nitrogen and oxygen atoms in total. The van der Waals surface area contributed by atoms with Crippen LogP contribution in [0.15, 0.2) is 30.6 Å². The average molecular weight is 273 g/mol. The fraction of sp³-hybridized carbons (Fsp3) is 0.438. The van der Waals surface area contributed by atoms with Gasteiger partial charge in [-0.1, -0.05) is 13.8 Å². The summed E-state index contributed by atoms with van der Waals surface area (Å²) >= 11 is 0. The van der Waals surface area contributed by atoms with Gasteiger partial charge in [0.2, 0.25) is 0 Å². The Bertz CT molecular complexity index is 561. The minimum atomic E-state index is 0.444. The van der Waals surface area contributed by atoms with Crippen molar-refractivity contribution >= 4 is 0 Å². The van der Waals surface area contributed by atoms with E-state index in [1.165, 1.54) is 5.56 Å². The van der Waals surface area contributed by atoms with Gasteiger partial charge in [0.15, 0.2) is 0 Å². The van der Waals surface area contributed by atoms with E-state index >= 15 is 0 Å². The Labute approximate surface area is 120 Å². The Morgan fingerprint density at radius 2 is 2.15 bits per heavy atom. The molecule has 0 fully saturated rings. The predicted octanol–water partition coefficient (Wildman–Crippen LogP) is 3.08. The van der Waals surface area contributed by atoms with Gasteiger partial charge in [0.25, 0.3) is 0 Å². The fourth-order valence-electron chi connectivity index (χ4n) is 2.18. The second-order valence-corrected chi connectivity index (χ2v) is 5.10. The van der Waals surface area contributed by atoms with Crippen LogP contribution in [0.25, 0.3) is 11.4 Å². The Balaban J connectivity index is 2.40. The predicted molar refractivity (Wildman–Crippen MR) is 81.9 cm³/mol. The quantitative estimate of drug-likeness (QED) is 0.879. The van der Waals surface area contributed by atoms with E-state index in [4.69, 9.17) is 4.74 Å². The van der Waals surface area contributed by atoms with Crippen molar-refractivity contribution in [2.24, 2.45) is 0 Å². The fourth-order valence-corrected chi connectivity index (χ4v) is 2.18. The van der Waals surface area contributed by atoms with Crippen LogP contribution in [-0.2, 0) is 13.1 Å². The van der Waals surface area contributed by atoms with Gasteiger partial charge in [-0.15, -0.1) is 0 Å². The monoisotopic (exact) mass is 273 g/mol. The molecule has 0 aliphatic heterocycles. The number of rotatable bonds is 6. The lowest BCUT2D eigenvalue weighted by atomic mass is 10.1. The van der Waals surface area contributed by atoms with Crippen LogP contribution in [-0.4, -0.2) is 22.7 Å². The molecule has 4 heteroatoms. The summed E-state index contributed by atoms with van der Waals surface area (Å²) in [5, 5.41) is 3.46. The molecule has 0 saturated carbocycles. The molecular weight excluding hydrogens is 250 g/mol. The first-order valence-corrected chi connectivity index (χ1v) is 7.07. The number of ether oxygens (including phenoxy) is 1. The van der Waals surface area contributed by atoms with Gasteiger partial charge in [-0.2, -0.15) is 0 Å². The molecule has 1 N–H and O–H groups in total. The first-order valence-electron chi connectivity index (χ1n) is 7.07. The van der Waals surface area contributed by atoms with Gasteiger partial charge >= 0.3 is 0 Å². The molecule has 1 heterocycles. The van der Waals surface area contributed by atoms with Crippen molar-refractivity contribution in [2.45, 2.75) is 39.9 Å². The highest BCUT2D eigenvalue weighted by Crippen LogP contribution is 2.26. The van der Waals surface area contributed by atoms with E-state index in [0.29, 0.717) is 6.04 Å². The van der Waals surface area contributed by atoms with Gasteiger partial charge in [-0.25, -0.2) is 4.98 Å². The molecule has 0 spiro atoms. The molecule has 0 aliphatic rings. The van der Waals surface area contributed by atoms with Gasteiger partial charge in [0.05, 0.1) is 7.11 Å². The lowest BCUT2D eigenvalue weighted by Crippen LogP contribution is -2.22. The molecular formula is C16H23N3O. The topological polar surface area (TPSA) is 39.1 Å². The minimum Gasteiger partial charge on any atom is -0.497 e. The molecule has 108 valence electrons. The highest BCUT2D eigenvalue weighted by atomic mass is 16.5. The summed E-state index contributed by atoms with van der Waals surface area (Å²) in [6.07, 6.45) is 3.86. The molecule has 2 rings (SSSR count). The summed E-state index contributed by atoms with van der Waals surface area (Å²) in [6.45, 7) is 8.14. The van der Waals surface area contributed by atoms with Crippen LogP contribution in [0.1, 0.15) is 26.3 Å². The summed E-state index contributed by atoms with van der Waals surface area (Å²) in [6, 6.07) is 6.60. The number of aryl methyl sites for hydroxylation is 1. The Morgan fingerprint density at radius 3 is 2.80 bits per heavy atom. The SMILES string of the molecule is CCn1ccnc1-c1ccc(OC)cc1CNC(C)C. The number of nitrogens with one attached hydrogen (secondary N) is 1. The molecule has 0 amide bonds. The third-order valence-electron chi connectivity index (χ3n) is 3.31. The third kappa shape index (κ3) is 3.20. The molecule has 1 aromatic carbocycles. The Morgan fingerprint density at radius 1 is 1.35 bits per heavy atom. The van der Waals surface area contributed by atoms with Gasteiger partial charge in [-0.3, -0.25) is 0 Å². The number of methoxy groups -OCH3 is 1. The van der Waals surface area contributed by atoms with Gasteiger partial charge in [-0.05, 0) is 30.7 Å². The number of aromatic nitrogens is 2. The van der Waals surface area contributed by atoms with E-state index in [2.05, 4.69) is 47.8 Å². The number of hydrogen-bond acceptors (Lipinski definition) is 3. The number of nitrogens with zero attached hydrogens (tertiary/aromatic N) is 2. The molecule has 20 heavy (non-hydrogen) atoms. The van der Waals surface area contributed by atoms with Crippen molar-refractivity contribution in [1.29, 1.82) is 0 Å². The van der Waals surface area contributed by atoms with Crippen LogP contribution < -0.4 is 10.1 Å². The summed E-state index contributed by atoms with van der Waals surface area (Å²) in [5.41, 5.74) is 2.37. The van der Waals surface area contributed by atoms with E-state index in [1.54, 1.807) is 7.11 Å². The number of hydrogen-bond donors (Lipinski definition) is 1. The van der Waals surface area contributed by atoms with Crippen LogP contribution in [0.4, 0.5) is 0 Å². The zero-order chi connectivity index (χ0) is 14.5. The largest absolute Gasteiger partial charge is 0.497 e. The van der Waals surface area contributed by atoms with E-state index in [0.717, 1.165) is 30.2 Å². The summed E-state index contributed by atoms with van der Waals surface area (Å²) in [7, 11) is 1.70. The van der Waals surface area contributed by atoms with Crippen LogP contribution in [0.3, 0.4) is 0 Å². The summed E-state index contributed by atoms with van der Waals surface area (Å²) in [5.74, 6) is 1.89. The average Bonchev–Trinajstić information content (AvgIpc) is 2.92. The summed E-state index contributed by atoms with van der Waals surface area (Å²) < 4.78 is 7.49. The first-order chi connectivity index (χ1) is 9.65. The van der Waals surface area contributed by atoms with Gasteiger partial charge in [0, 0.05) is 37.1 Å². The van der Waals surface area contributed by atoms with E-state index in [1.807, 2.05) is 18.5 Å². The highest BCUT2D eigenvalue weighted by Gasteiger charge is 2.11. The van der Waals surface area contributed by atoms with Crippen molar-refractivity contribution in [1.82, 2.24) is 14.9 Å². The second kappa shape index (κ2) is 6.57. The van der Waals surface area contributed by atoms with Crippen LogP contribution in [0.5, 0.6) is 5.75 Å². The van der Waals surface area contributed by atoms with Gasteiger partial charge in [0.1, 0.15) is 11.6 Å². The Hall–Kier alpha value is -1.81. The van der Waals surface area contributed by atoms with Crippen LogP contribution in [0.2, 0.25) is 0 Å². The molecule has 0 saturated heterocycles. The van der Waals surface area contributed by atoms with Crippen molar-refractivity contribution < 1.29 is 4.74 Å². The molecule has 0 bridgehead atoms. The Kier molecular flexibility index (Phi) is 4.79. The van der Waals surface area contributed by atoms with Crippen molar-refractivity contribution in [3.8, 4) is 17.1 Å². The molecule has 0 radical (unpaired) electrons. The van der Waals surface area contributed by atoms with E-state index in [-0.39, 0.29) is 0 Å². The number of benzene rings is 1. The molecule has 0 unspecified atom stereocenters. The maximum Gasteiger partial charge on any atom is 0.140 e. The first kappa shape index (κ1) is 14.6. The normalized spacial score (nSPS) is 11.1. The molecule has 2 aromatic rings. The minimum absolute atomic E-state index is 0.444. The number of imidazole rings is 1. The zero-order valence-corrected chi connectivity index (χ0v) is 12.7. The smallest absolute Gasteiger partial charge is 0.140 e.